The highest BCUT2D eigenvalue weighted by Gasteiger charge is 2.03. The quantitative estimate of drug-likeness (QED) is 0.724. The Labute approximate surface area is 79.7 Å². The van der Waals surface area contributed by atoms with Crippen LogP contribution in [0.5, 0.6) is 5.75 Å². The van der Waals surface area contributed by atoms with Gasteiger partial charge in [-0.3, -0.25) is 0 Å². The van der Waals surface area contributed by atoms with Crippen LogP contribution >= 0.6 is 0 Å². The Balaban J connectivity index is 2.92. The van der Waals surface area contributed by atoms with E-state index in [1.54, 1.807) is 0 Å². The van der Waals surface area contributed by atoms with E-state index in [9.17, 15) is 0 Å². The lowest BCUT2D eigenvalue weighted by Crippen LogP contribution is -2.07. The van der Waals surface area contributed by atoms with Crippen molar-refractivity contribution in [1.29, 1.82) is 0 Å². The Hall–Kier alpha value is -1.18. The molecule has 0 aliphatic carbocycles. The van der Waals surface area contributed by atoms with E-state index in [0.717, 1.165) is 17.9 Å². The van der Waals surface area contributed by atoms with Crippen molar-refractivity contribution < 1.29 is 4.74 Å². The number of nitrogens with two attached hydrogens (primary N) is 1. The minimum atomic E-state index is 0.217. The van der Waals surface area contributed by atoms with E-state index in [1.807, 2.05) is 32.0 Å². The summed E-state index contributed by atoms with van der Waals surface area (Å²) >= 11 is 0. The monoisotopic (exact) mass is 179 g/mol. The standard InChI is InChI=1S/C11H17NO/c1-4-9-7-10(12)5-6-11(9)13-8(2)3/h5-8H,4,12H2,1-3H3. The number of anilines is 1. The van der Waals surface area contributed by atoms with E-state index in [4.69, 9.17) is 10.5 Å². The summed E-state index contributed by atoms with van der Waals surface area (Å²) in [6.45, 7) is 6.15. The molecule has 0 fully saturated rings. The summed E-state index contributed by atoms with van der Waals surface area (Å²) in [7, 11) is 0. The van der Waals surface area contributed by atoms with E-state index in [1.165, 1.54) is 5.56 Å². The summed E-state index contributed by atoms with van der Waals surface area (Å²) in [6.07, 6.45) is 1.17. The van der Waals surface area contributed by atoms with Crippen LogP contribution in [0.4, 0.5) is 5.69 Å². The van der Waals surface area contributed by atoms with E-state index < -0.39 is 0 Å². The van der Waals surface area contributed by atoms with Gasteiger partial charge in [0, 0.05) is 5.69 Å². The minimum Gasteiger partial charge on any atom is -0.491 e. The number of aryl methyl sites for hydroxylation is 1. The van der Waals surface area contributed by atoms with E-state index in [2.05, 4.69) is 6.92 Å². The first-order chi connectivity index (χ1) is 6.13. The van der Waals surface area contributed by atoms with Crippen molar-refractivity contribution in [2.75, 3.05) is 5.73 Å². The molecule has 0 spiro atoms. The average molecular weight is 179 g/mol. The van der Waals surface area contributed by atoms with Gasteiger partial charge in [-0.15, -0.1) is 0 Å². The Morgan fingerprint density at radius 3 is 2.62 bits per heavy atom. The van der Waals surface area contributed by atoms with Gasteiger partial charge in [-0.05, 0) is 44.0 Å². The average Bonchev–Trinajstić information content (AvgIpc) is 2.07. The lowest BCUT2D eigenvalue weighted by molar-refractivity contribution is 0.240. The maximum Gasteiger partial charge on any atom is 0.123 e. The predicted molar refractivity (Wildman–Crippen MR) is 56.0 cm³/mol. The normalized spacial score (nSPS) is 10.5. The molecule has 2 heteroatoms. The van der Waals surface area contributed by atoms with Crippen LogP contribution in [0.3, 0.4) is 0 Å². The zero-order valence-electron chi connectivity index (χ0n) is 8.50. The van der Waals surface area contributed by atoms with Crippen LogP contribution in [-0.4, -0.2) is 6.10 Å². The van der Waals surface area contributed by atoms with Gasteiger partial charge in [0.1, 0.15) is 5.75 Å². The molecule has 2 N–H and O–H groups in total. The molecule has 0 aliphatic rings. The molecule has 0 aliphatic heterocycles. The third-order valence-corrected chi connectivity index (χ3v) is 1.83. The van der Waals surface area contributed by atoms with Crippen molar-refractivity contribution in [3.05, 3.63) is 23.8 Å². The molecule has 0 amide bonds. The molecule has 1 rings (SSSR count). The Bertz CT molecular complexity index is 281. The van der Waals surface area contributed by atoms with Crippen LogP contribution in [0.1, 0.15) is 26.3 Å². The molecular weight excluding hydrogens is 162 g/mol. The van der Waals surface area contributed by atoms with E-state index >= 15 is 0 Å². The summed E-state index contributed by atoms with van der Waals surface area (Å²) in [5.74, 6) is 0.951. The van der Waals surface area contributed by atoms with Gasteiger partial charge < -0.3 is 10.5 Å². The van der Waals surface area contributed by atoms with Crippen molar-refractivity contribution in [3.63, 3.8) is 0 Å². The smallest absolute Gasteiger partial charge is 0.123 e. The summed E-state index contributed by atoms with van der Waals surface area (Å²) in [4.78, 5) is 0. The van der Waals surface area contributed by atoms with Crippen molar-refractivity contribution in [2.24, 2.45) is 0 Å². The maximum atomic E-state index is 5.68. The Morgan fingerprint density at radius 1 is 1.38 bits per heavy atom. The van der Waals surface area contributed by atoms with Gasteiger partial charge in [0.05, 0.1) is 6.10 Å². The maximum absolute atomic E-state index is 5.68. The third-order valence-electron chi connectivity index (χ3n) is 1.83. The summed E-state index contributed by atoms with van der Waals surface area (Å²) < 4.78 is 5.64. The van der Waals surface area contributed by atoms with Crippen molar-refractivity contribution >= 4 is 5.69 Å². The van der Waals surface area contributed by atoms with E-state index in [0.29, 0.717) is 0 Å². The highest BCUT2D eigenvalue weighted by atomic mass is 16.5. The number of rotatable bonds is 3. The summed E-state index contributed by atoms with van der Waals surface area (Å²) in [6, 6.07) is 5.78. The van der Waals surface area contributed by atoms with Gasteiger partial charge in [0.2, 0.25) is 0 Å². The third kappa shape index (κ3) is 2.65. The molecule has 0 unspecified atom stereocenters. The molecule has 0 saturated heterocycles. The molecule has 0 atom stereocenters. The van der Waals surface area contributed by atoms with E-state index in [-0.39, 0.29) is 6.10 Å². The van der Waals surface area contributed by atoms with Crippen molar-refractivity contribution in [3.8, 4) is 5.75 Å². The fraction of sp³-hybridized carbons (Fsp3) is 0.455. The second-order valence-corrected chi connectivity index (χ2v) is 3.39. The molecule has 1 aromatic rings. The Morgan fingerprint density at radius 2 is 2.08 bits per heavy atom. The molecule has 1 aromatic carbocycles. The lowest BCUT2D eigenvalue weighted by Gasteiger charge is -2.13. The van der Waals surface area contributed by atoms with Gasteiger partial charge in [-0.1, -0.05) is 6.92 Å². The van der Waals surface area contributed by atoms with Crippen molar-refractivity contribution in [1.82, 2.24) is 0 Å². The highest BCUT2D eigenvalue weighted by molar-refractivity contribution is 5.47. The predicted octanol–water partition coefficient (Wildman–Crippen LogP) is 2.62. The highest BCUT2D eigenvalue weighted by Crippen LogP contribution is 2.22. The summed E-state index contributed by atoms with van der Waals surface area (Å²) in [5.41, 5.74) is 7.65. The van der Waals surface area contributed by atoms with Gasteiger partial charge in [0.15, 0.2) is 0 Å². The summed E-state index contributed by atoms with van der Waals surface area (Å²) in [5, 5.41) is 0. The van der Waals surface area contributed by atoms with Gasteiger partial charge in [-0.25, -0.2) is 0 Å². The van der Waals surface area contributed by atoms with Crippen molar-refractivity contribution in [2.45, 2.75) is 33.3 Å². The Kier molecular flexibility index (Phi) is 3.18. The second kappa shape index (κ2) is 4.17. The van der Waals surface area contributed by atoms with Crippen LogP contribution in [0.15, 0.2) is 18.2 Å². The second-order valence-electron chi connectivity index (χ2n) is 3.39. The number of nitrogen functional groups attached to an aromatic ring is 1. The fourth-order valence-corrected chi connectivity index (χ4v) is 1.24. The zero-order chi connectivity index (χ0) is 9.84. The number of hydrogen-bond acceptors (Lipinski definition) is 2. The number of benzene rings is 1. The van der Waals surface area contributed by atoms with Crippen LogP contribution in [0.25, 0.3) is 0 Å². The SMILES string of the molecule is CCc1cc(N)ccc1OC(C)C. The molecular formula is C11H17NO. The van der Waals surface area contributed by atoms with Crippen LogP contribution in [-0.2, 0) is 6.42 Å². The molecule has 13 heavy (non-hydrogen) atoms. The number of hydrogen-bond donors (Lipinski definition) is 1. The van der Waals surface area contributed by atoms with Gasteiger partial charge in [-0.2, -0.15) is 0 Å². The topological polar surface area (TPSA) is 35.2 Å². The first kappa shape index (κ1) is 9.90. The lowest BCUT2D eigenvalue weighted by atomic mass is 10.1. The first-order valence-electron chi connectivity index (χ1n) is 4.68. The minimum absolute atomic E-state index is 0.217. The zero-order valence-corrected chi connectivity index (χ0v) is 8.50. The fourth-order valence-electron chi connectivity index (χ4n) is 1.24. The van der Waals surface area contributed by atoms with Gasteiger partial charge in [0.25, 0.3) is 0 Å². The van der Waals surface area contributed by atoms with Crippen LogP contribution < -0.4 is 10.5 Å². The molecule has 0 saturated carbocycles. The van der Waals surface area contributed by atoms with Crippen LogP contribution in [0, 0.1) is 0 Å². The van der Waals surface area contributed by atoms with Gasteiger partial charge >= 0.3 is 0 Å². The largest absolute Gasteiger partial charge is 0.491 e. The van der Waals surface area contributed by atoms with Crippen LogP contribution in [0.2, 0.25) is 0 Å². The molecule has 72 valence electrons. The molecule has 0 heterocycles. The number of ether oxygens (including phenoxy) is 1. The molecule has 0 bridgehead atoms. The molecule has 2 nitrogen and oxygen atoms in total. The first-order valence-corrected chi connectivity index (χ1v) is 4.68. The molecule has 0 aromatic heterocycles. The molecule has 0 radical (unpaired) electrons.